The number of nitrogens with two attached hydrogens (primary N) is 1. The standard InChI is InChI=1S/C7H6BrN3O3/c8-6-4(7(12)10-9)2-1-3-5(6)11(13)14/h1-3H,9H2,(H,10,12). The smallest absolute Gasteiger partial charge is 0.284 e. The fourth-order valence-electron chi connectivity index (χ4n) is 0.914. The van der Waals surface area contributed by atoms with Gasteiger partial charge in [0.05, 0.1) is 10.5 Å². The Morgan fingerprint density at radius 1 is 1.57 bits per heavy atom. The number of nitro groups is 1. The van der Waals surface area contributed by atoms with E-state index < -0.39 is 10.8 Å². The number of carbonyl (C=O) groups excluding carboxylic acids is 1. The van der Waals surface area contributed by atoms with Crippen LogP contribution >= 0.6 is 15.9 Å². The Labute approximate surface area is 87.3 Å². The zero-order valence-electron chi connectivity index (χ0n) is 6.86. The van der Waals surface area contributed by atoms with Crippen LogP contribution in [0.3, 0.4) is 0 Å². The van der Waals surface area contributed by atoms with Gasteiger partial charge in [-0.3, -0.25) is 20.3 Å². The van der Waals surface area contributed by atoms with E-state index in [2.05, 4.69) is 15.9 Å². The molecule has 0 saturated heterocycles. The number of nitro benzene ring substituents is 1. The molecule has 7 heteroatoms. The summed E-state index contributed by atoms with van der Waals surface area (Å²) in [6.07, 6.45) is 0. The number of nitrogens with zero attached hydrogens (tertiary/aromatic N) is 1. The summed E-state index contributed by atoms with van der Waals surface area (Å²) in [5.74, 6) is 4.33. The fourth-order valence-corrected chi connectivity index (χ4v) is 1.50. The summed E-state index contributed by atoms with van der Waals surface area (Å²) in [7, 11) is 0. The second-order valence-corrected chi connectivity index (χ2v) is 3.16. The molecule has 3 N–H and O–H groups in total. The van der Waals surface area contributed by atoms with Crippen molar-refractivity contribution in [3.05, 3.63) is 38.3 Å². The van der Waals surface area contributed by atoms with E-state index in [9.17, 15) is 14.9 Å². The van der Waals surface area contributed by atoms with Crippen molar-refractivity contribution in [2.45, 2.75) is 0 Å². The third-order valence-electron chi connectivity index (χ3n) is 1.55. The summed E-state index contributed by atoms with van der Waals surface area (Å²) in [5.41, 5.74) is 1.85. The molecule has 1 aromatic carbocycles. The molecule has 14 heavy (non-hydrogen) atoms. The lowest BCUT2D eigenvalue weighted by Gasteiger charge is -2.02. The summed E-state index contributed by atoms with van der Waals surface area (Å²) < 4.78 is 0.118. The van der Waals surface area contributed by atoms with Gasteiger partial charge in [0.25, 0.3) is 11.6 Å². The number of nitrogens with one attached hydrogen (secondary N) is 1. The maximum Gasteiger partial charge on any atom is 0.284 e. The Hall–Kier alpha value is -1.47. The van der Waals surface area contributed by atoms with Gasteiger partial charge in [-0.2, -0.15) is 0 Å². The molecule has 0 bridgehead atoms. The van der Waals surface area contributed by atoms with Crippen LogP contribution in [0.25, 0.3) is 0 Å². The van der Waals surface area contributed by atoms with Crippen molar-refractivity contribution in [3.63, 3.8) is 0 Å². The minimum Gasteiger partial charge on any atom is -0.290 e. The summed E-state index contributed by atoms with van der Waals surface area (Å²) in [6.45, 7) is 0. The van der Waals surface area contributed by atoms with Crippen molar-refractivity contribution in [2.75, 3.05) is 0 Å². The Bertz CT molecular complexity index is 394. The van der Waals surface area contributed by atoms with Gasteiger partial charge in [0.15, 0.2) is 0 Å². The number of carbonyl (C=O) groups is 1. The average Bonchev–Trinajstić information content (AvgIpc) is 2.16. The molecule has 0 saturated carbocycles. The van der Waals surface area contributed by atoms with Crippen molar-refractivity contribution < 1.29 is 9.72 Å². The first-order valence-electron chi connectivity index (χ1n) is 3.51. The van der Waals surface area contributed by atoms with Gasteiger partial charge in [0.1, 0.15) is 4.47 Å². The first-order valence-corrected chi connectivity index (χ1v) is 4.31. The molecule has 74 valence electrons. The van der Waals surface area contributed by atoms with E-state index in [-0.39, 0.29) is 15.7 Å². The van der Waals surface area contributed by atoms with Crippen LogP contribution in [0, 0.1) is 10.1 Å². The molecule has 0 spiro atoms. The van der Waals surface area contributed by atoms with Gasteiger partial charge in [0, 0.05) is 6.07 Å². The molecule has 1 aromatic rings. The van der Waals surface area contributed by atoms with Gasteiger partial charge in [-0.15, -0.1) is 0 Å². The van der Waals surface area contributed by atoms with E-state index >= 15 is 0 Å². The predicted molar refractivity (Wildman–Crippen MR) is 52.5 cm³/mol. The number of rotatable bonds is 2. The highest BCUT2D eigenvalue weighted by atomic mass is 79.9. The number of nitrogen functional groups attached to an aromatic ring is 1. The van der Waals surface area contributed by atoms with Crippen molar-refractivity contribution in [1.29, 1.82) is 0 Å². The molecule has 0 radical (unpaired) electrons. The third-order valence-corrected chi connectivity index (χ3v) is 2.38. The molecule has 1 amide bonds. The molecule has 0 unspecified atom stereocenters. The summed E-state index contributed by atoms with van der Waals surface area (Å²) in [5, 5.41) is 10.5. The highest BCUT2D eigenvalue weighted by Crippen LogP contribution is 2.27. The SMILES string of the molecule is NNC(=O)c1cccc([N+](=O)[O-])c1Br. The van der Waals surface area contributed by atoms with Gasteiger partial charge in [-0.05, 0) is 22.0 Å². The number of hydrogen-bond acceptors (Lipinski definition) is 4. The number of amides is 1. The van der Waals surface area contributed by atoms with Crippen LogP contribution in [0.4, 0.5) is 5.69 Å². The Morgan fingerprint density at radius 3 is 2.71 bits per heavy atom. The number of hydrogen-bond donors (Lipinski definition) is 2. The normalized spacial score (nSPS) is 9.57. The molecule has 0 aliphatic rings. The van der Waals surface area contributed by atoms with Gasteiger partial charge in [-0.1, -0.05) is 6.07 Å². The monoisotopic (exact) mass is 259 g/mol. The molecule has 0 atom stereocenters. The average molecular weight is 260 g/mol. The highest BCUT2D eigenvalue weighted by Gasteiger charge is 2.18. The van der Waals surface area contributed by atoms with Crippen LogP contribution in [0.5, 0.6) is 0 Å². The predicted octanol–water partition coefficient (Wildman–Crippen LogP) is 0.961. The maximum absolute atomic E-state index is 11.1. The molecule has 0 heterocycles. The first-order chi connectivity index (χ1) is 6.57. The largest absolute Gasteiger partial charge is 0.290 e. The van der Waals surface area contributed by atoms with Crippen LogP contribution in [-0.4, -0.2) is 10.8 Å². The van der Waals surface area contributed by atoms with Gasteiger partial charge < -0.3 is 0 Å². The van der Waals surface area contributed by atoms with E-state index in [1.54, 1.807) is 0 Å². The van der Waals surface area contributed by atoms with Crippen molar-refractivity contribution in [3.8, 4) is 0 Å². The first kappa shape index (κ1) is 10.6. The van der Waals surface area contributed by atoms with E-state index in [0.717, 1.165) is 0 Å². The summed E-state index contributed by atoms with van der Waals surface area (Å²) in [6, 6.07) is 4.13. The summed E-state index contributed by atoms with van der Waals surface area (Å²) in [4.78, 5) is 21.0. The number of halogens is 1. The molecule has 0 fully saturated rings. The van der Waals surface area contributed by atoms with E-state index in [0.29, 0.717) is 0 Å². The quantitative estimate of drug-likeness (QED) is 0.358. The number of benzene rings is 1. The highest BCUT2D eigenvalue weighted by molar-refractivity contribution is 9.10. The molecule has 0 aliphatic carbocycles. The molecule has 1 rings (SSSR count). The topological polar surface area (TPSA) is 98.3 Å². The van der Waals surface area contributed by atoms with Gasteiger partial charge in [0.2, 0.25) is 0 Å². The summed E-state index contributed by atoms with van der Waals surface area (Å²) >= 11 is 2.97. The molecule has 0 aliphatic heterocycles. The van der Waals surface area contributed by atoms with E-state index in [1.165, 1.54) is 18.2 Å². The lowest BCUT2D eigenvalue weighted by molar-refractivity contribution is -0.385. The second-order valence-electron chi connectivity index (χ2n) is 2.37. The van der Waals surface area contributed by atoms with Crippen LogP contribution in [0.15, 0.2) is 22.7 Å². The Kier molecular flexibility index (Phi) is 3.15. The zero-order chi connectivity index (χ0) is 10.7. The molecule has 0 aromatic heterocycles. The van der Waals surface area contributed by atoms with Gasteiger partial charge in [-0.25, -0.2) is 5.84 Å². The minimum atomic E-state index is -0.586. The van der Waals surface area contributed by atoms with Crippen LogP contribution in [0.2, 0.25) is 0 Å². The molecular weight excluding hydrogens is 254 g/mol. The minimum absolute atomic E-state index is 0.118. The second kappa shape index (κ2) is 4.16. The Balaban J connectivity index is 3.27. The van der Waals surface area contributed by atoms with E-state index in [4.69, 9.17) is 5.84 Å². The van der Waals surface area contributed by atoms with E-state index in [1.807, 2.05) is 5.43 Å². The molecule has 6 nitrogen and oxygen atoms in total. The maximum atomic E-state index is 11.1. The van der Waals surface area contributed by atoms with Crippen molar-refractivity contribution in [2.24, 2.45) is 5.84 Å². The third kappa shape index (κ3) is 1.88. The van der Waals surface area contributed by atoms with Crippen LogP contribution in [0.1, 0.15) is 10.4 Å². The van der Waals surface area contributed by atoms with Gasteiger partial charge >= 0.3 is 0 Å². The zero-order valence-corrected chi connectivity index (χ0v) is 8.45. The van der Waals surface area contributed by atoms with Crippen LogP contribution < -0.4 is 11.3 Å². The van der Waals surface area contributed by atoms with Crippen molar-refractivity contribution >= 4 is 27.5 Å². The lowest BCUT2D eigenvalue weighted by atomic mass is 10.2. The van der Waals surface area contributed by atoms with Crippen LogP contribution in [-0.2, 0) is 0 Å². The van der Waals surface area contributed by atoms with Crippen molar-refractivity contribution in [1.82, 2.24) is 5.43 Å². The number of hydrazine groups is 1. The molecular formula is C7H6BrN3O3. The fraction of sp³-hybridized carbons (Fsp3) is 0. The Morgan fingerprint density at radius 2 is 2.21 bits per heavy atom. The lowest BCUT2D eigenvalue weighted by Crippen LogP contribution is -2.30.